The Morgan fingerprint density at radius 2 is 2.24 bits per heavy atom. The van der Waals surface area contributed by atoms with Crippen LogP contribution >= 0.6 is 15.9 Å². The molecule has 1 fully saturated rings. The van der Waals surface area contributed by atoms with Gasteiger partial charge >= 0.3 is 0 Å². The van der Waals surface area contributed by atoms with E-state index < -0.39 is 0 Å². The average molecular weight is 355 g/mol. The van der Waals surface area contributed by atoms with Gasteiger partial charge in [0.2, 0.25) is 0 Å². The van der Waals surface area contributed by atoms with E-state index in [1.807, 2.05) is 0 Å². The number of benzene rings is 1. The lowest BCUT2D eigenvalue weighted by Gasteiger charge is -2.43. The van der Waals surface area contributed by atoms with Crippen LogP contribution in [0.25, 0.3) is 0 Å². The minimum Gasteiger partial charge on any atom is -0.396 e. The van der Waals surface area contributed by atoms with Crippen molar-refractivity contribution >= 4 is 15.9 Å². The molecule has 0 radical (unpaired) electrons. The molecule has 118 valence electrons. The summed E-state index contributed by atoms with van der Waals surface area (Å²) in [5.74, 6) is 0. The highest BCUT2D eigenvalue weighted by Gasteiger charge is 2.32. The van der Waals surface area contributed by atoms with E-state index in [9.17, 15) is 5.11 Å². The maximum absolute atomic E-state index is 9.36. The van der Waals surface area contributed by atoms with E-state index >= 15 is 0 Å². The molecule has 1 aliphatic rings. The lowest BCUT2D eigenvalue weighted by atomic mass is 9.90. The number of rotatable bonds is 6. The number of nitrogens with zero attached hydrogens (tertiary/aromatic N) is 1. The highest BCUT2D eigenvalue weighted by atomic mass is 79.9. The van der Waals surface area contributed by atoms with Gasteiger partial charge in [0.1, 0.15) is 0 Å². The van der Waals surface area contributed by atoms with E-state index in [0.29, 0.717) is 6.04 Å². The van der Waals surface area contributed by atoms with E-state index in [2.05, 4.69) is 52.0 Å². The molecule has 21 heavy (non-hydrogen) atoms. The number of likely N-dealkylation sites (tertiary alicyclic amines) is 1. The first-order valence-corrected chi connectivity index (χ1v) is 8.84. The molecule has 3 N–H and O–H groups in total. The molecule has 2 rings (SSSR count). The van der Waals surface area contributed by atoms with E-state index in [1.165, 1.54) is 24.8 Å². The van der Waals surface area contributed by atoms with Crippen molar-refractivity contribution in [3.8, 4) is 0 Å². The van der Waals surface area contributed by atoms with Crippen LogP contribution in [0.5, 0.6) is 0 Å². The molecule has 1 aromatic rings. The molecule has 0 spiro atoms. The van der Waals surface area contributed by atoms with Crippen LogP contribution in [0, 0.1) is 0 Å². The largest absolute Gasteiger partial charge is 0.396 e. The number of halogens is 1. The third kappa shape index (κ3) is 4.28. The maximum Gasteiger partial charge on any atom is 0.0502 e. The molecule has 0 bridgehead atoms. The second-order valence-corrected chi connectivity index (χ2v) is 6.89. The third-order valence-electron chi connectivity index (χ3n) is 4.56. The summed E-state index contributed by atoms with van der Waals surface area (Å²) in [5, 5.41) is 9.36. The highest BCUT2D eigenvalue weighted by Crippen LogP contribution is 2.33. The summed E-state index contributed by atoms with van der Waals surface area (Å²) in [7, 11) is 0. The first-order valence-electron chi connectivity index (χ1n) is 8.05. The molecular weight excluding hydrogens is 328 g/mol. The van der Waals surface area contributed by atoms with E-state index in [0.717, 1.165) is 23.9 Å². The van der Waals surface area contributed by atoms with Gasteiger partial charge in [0, 0.05) is 23.2 Å². The summed E-state index contributed by atoms with van der Waals surface area (Å²) >= 11 is 3.57. The molecule has 0 aliphatic carbocycles. The SMILES string of the molecule is CCC(N)C(c1cccc(Br)c1)N1CCCCC1CCO. The predicted molar refractivity (Wildman–Crippen MR) is 91.2 cm³/mol. The van der Waals surface area contributed by atoms with Gasteiger partial charge in [0.25, 0.3) is 0 Å². The Hall–Kier alpha value is -0.420. The zero-order valence-electron chi connectivity index (χ0n) is 12.8. The van der Waals surface area contributed by atoms with Crippen molar-refractivity contribution in [2.24, 2.45) is 5.73 Å². The first kappa shape index (κ1) is 16.9. The third-order valence-corrected chi connectivity index (χ3v) is 5.05. The lowest BCUT2D eigenvalue weighted by molar-refractivity contribution is 0.0619. The summed E-state index contributed by atoms with van der Waals surface area (Å²) in [4.78, 5) is 2.54. The molecular formula is C17H27BrN2O. The van der Waals surface area contributed by atoms with Crippen LogP contribution in [0.3, 0.4) is 0 Å². The Labute approximate surface area is 136 Å². The average Bonchev–Trinajstić information content (AvgIpc) is 2.49. The molecule has 1 heterocycles. The number of aliphatic hydroxyl groups is 1. The van der Waals surface area contributed by atoms with Crippen molar-refractivity contribution in [3.63, 3.8) is 0 Å². The summed E-state index contributed by atoms with van der Waals surface area (Å²) in [6, 6.07) is 9.31. The molecule has 1 saturated heterocycles. The van der Waals surface area contributed by atoms with Crippen molar-refractivity contribution in [2.45, 2.75) is 57.2 Å². The second-order valence-electron chi connectivity index (χ2n) is 5.97. The number of hydrogen-bond acceptors (Lipinski definition) is 3. The minimum absolute atomic E-state index is 0.124. The zero-order chi connectivity index (χ0) is 15.2. The molecule has 3 unspecified atom stereocenters. The normalized spacial score (nSPS) is 23.0. The van der Waals surface area contributed by atoms with Gasteiger partial charge in [-0.05, 0) is 49.9 Å². The zero-order valence-corrected chi connectivity index (χ0v) is 14.4. The Balaban J connectivity index is 2.29. The van der Waals surface area contributed by atoms with Gasteiger partial charge in [0.05, 0.1) is 6.04 Å². The van der Waals surface area contributed by atoms with Crippen molar-refractivity contribution in [1.29, 1.82) is 0 Å². The van der Waals surface area contributed by atoms with Gasteiger partial charge < -0.3 is 10.8 Å². The van der Waals surface area contributed by atoms with Crippen molar-refractivity contribution < 1.29 is 5.11 Å². The van der Waals surface area contributed by atoms with E-state index in [-0.39, 0.29) is 18.7 Å². The Bertz CT molecular complexity index is 439. The summed E-state index contributed by atoms with van der Waals surface area (Å²) in [5.41, 5.74) is 7.75. The molecule has 3 atom stereocenters. The number of piperidine rings is 1. The molecule has 3 nitrogen and oxygen atoms in total. The topological polar surface area (TPSA) is 49.5 Å². The van der Waals surface area contributed by atoms with Crippen LogP contribution in [-0.2, 0) is 0 Å². The maximum atomic E-state index is 9.36. The fraction of sp³-hybridized carbons (Fsp3) is 0.647. The van der Waals surface area contributed by atoms with Gasteiger partial charge in [0.15, 0.2) is 0 Å². The van der Waals surface area contributed by atoms with Crippen LogP contribution in [0.2, 0.25) is 0 Å². The molecule has 4 heteroatoms. The molecule has 1 aliphatic heterocycles. The smallest absolute Gasteiger partial charge is 0.0502 e. The summed E-state index contributed by atoms with van der Waals surface area (Å²) in [6.45, 7) is 3.49. The summed E-state index contributed by atoms with van der Waals surface area (Å²) < 4.78 is 1.10. The van der Waals surface area contributed by atoms with Crippen LogP contribution in [0.15, 0.2) is 28.7 Å². The first-order chi connectivity index (χ1) is 10.2. The van der Waals surface area contributed by atoms with Crippen LogP contribution < -0.4 is 5.73 Å². The lowest BCUT2D eigenvalue weighted by Crippen LogP contribution is -2.48. The van der Waals surface area contributed by atoms with Gasteiger partial charge in [-0.15, -0.1) is 0 Å². The van der Waals surface area contributed by atoms with Crippen molar-refractivity contribution in [3.05, 3.63) is 34.3 Å². The quantitative estimate of drug-likeness (QED) is 0.822. The van der Waals surface area contributed by atoms with Crippen molar-refractivity contribution in [1.82, 2.24) is 4.90 Å². The number of aliphatic hydroxyl groups excluding tert-OH is 1. The Kier molecular flexibility index (Phi) is 6.68. The molecule has 0 amide bonds. The summed E-state index contributed by atoms with van der Waals surface area (Å²) in [6.07, 6.45) is 5.46. The number of nitrogens with two attached hydrogens (primary N) is 1. The molecule has 0 aromatic heterocycles. The van der Waals surface area contributed by atoms with Crippen LogP contribution in [0.1, 0.15) is 50.6 Å². The standard InChI is InChI=1S/C17H27BrN2O/c1-2-16(19)17(13-6-5-7-14(18)12-13)20-10-4-3-8-15(20)9-11-21/h5-7,12,15-17,21H,2-4,8-11,19H2,1H3. The van der Waals surface area contributed by atoms with E-state index in [1.54, 1.807) is 0 Å². The Morgan fingerprint density at radius 3 is 2.90 bits per heavy atom. The van der Waals surface area contributed by atoms with Gasteiger partial charge in [-0.2, -0.15) is 0 Å². The van der Waals surface area contributed by atoms with Gasteiger partial charge in [-0.3, -0.25) is 4.90 Å². The van der Waals surface area contributed by atoms with Crippen molar-refractivity contribution in [2.75, 3.05) is 13.2 Å². The van der Waals surface area contributed by atoms with Gasteiger partial charge in [-0.1, -0.05) is 41.4 Å². The minimum atomic E-state index is 0.124. The molecule has 1 aromatic carbocycles. The molecule has 0 saturated carbocycles. The highest BCUT2D eigenvalue weighted by molar-refractivity contribution is 9.10. The Morgan fingerprint density at radius 1 is 1.43 bits per heavy atom. The predicted octanol–water partition coefficient (Wildman–Crippen LogP) is 3.46. The number of hydrogen-bond donors (Lipinski definition) is 2. The van der Waals surface area contributed by atoms with Crippen LogP contribution in [0.4, 0.5) is 0 Å². The van der Waals surface area contributed by atoms with Gasteiger partial charge in [-0.25, -0.2) is 0 Å². The second kappa shape index (κ2) is 8.28. The fourth-order valence-electron chi connectivity index (χ4n) is 3.45. The monoisotopic (exact) mass is 354 g/mol. The fourth-order valence-corrected chi connectivity index (χ4v) is 3.86. The van der Waals surface area contributed by atoms with E-state index in [4.69, 9.17) is 5.73 Å². The van der Waals surface area contributed by atoms with Crippen LogP contribution in [-0.4, -0.2) is 35.2 Å².